The van der Waals surface area contributed by atoms with Crippen LogP contribution in [-0.2, 0) is 9.84 Å². The largest absolute Gasteiger partial charge is 0.336 e. The fraction of sp³-hybridized carbons (Fsp3) is 0.0476. The fourth-order valence-electron chi connectivity index (χ4n) is 3.09. The molecule has 0 saturated heterocycles. The minimum Gasteiger partial charge on any atom is -0.336 e. The van der Waals surface area contributed by atoms with Gasteiger partial charge in [0, 0.05) is 28.4 Å². The molecule has 0 fully saturated rings. The molecule has 2 heterocycles. The molecule has 0 bridgehead atoms. The quantitative estimate of drug-likeness (QED) is 0.505. The molecular formula is C21H16ClN3O4S. The van der Waals surface area contributed by atoms with E-state index < -0.39 is 15.7 Å². The van der Waals surface area contributed by atoms with E-state index in [4.69, 9.17) is 11.6 Å². The molecular weight excluding hydrogens is 426 g/mol. The number of anilines is 1. The van der Waals surface area contributed by atoms with E-state index in [9.17, 15) is 18.0 Å². The lowest BCUT2D eigenvalue weighted by molar-refractivity contribution is 0.102. The van der Waals surface area contributed by atoms with Crippen molar-refractivity contribution in [2.45, 2.75) is 4.90 Å². The Kier molecular flexibility index (Phi) is 4.97. The summed E-state index contributed by atoms with van der Waals surface area (Å²) >= 11 is 5.93. The second kappa shape index (κ2) is 7.47. The summed E-state index contributed by atoms with van der Waals surface area (Å²) in [5.74, 6) is -0.466. The number of benzene rings is 2. The van der Waals surface area contributed by atoms with Crippen molar-refractivity contribution in [2.75, 3.05) is 11.6 Å². The van der Waals surface area contributed by atoms with E-state index in [0.29, 0.717) is 27.4 Å². The summed E-state index contributed by atoms with van der Waals surface area (Å²) in [4.78, 5) is 28.3. The number of pyridine rings is 1. The second-order valence-electron chi connectivity index (χ2n) is 6.72. The molecule has 0 atom stereocenters. The molecule has 0 spiro atoms. The summed E-state index contributed by atoms with van der Waals surface area (Å²) < 4.78 is 24.9. The number of carbonyl (C=O) groups is 1. The lowest BCUT2D eigenvalue weighted by Crippen LogP contribution is -2.17. The Balaban J connectivity index is 1.72. The van der Waals surface area contributed by atoms with Gasteiger partial charge in [0.25, 0.3) is 11.5 Å². The number of aromatic nitrogens is 2. The van der Waals surface area contributed by atoms with Gasteiger partial charge in [-0.25, -0.2) is 8.42 Å². The maximum Gasteiger partial charge on any atom is 0.272 e. The predicted octanol–water partition coefficient (Wildman–Crippen LogP) is 3.63. The zero-order chi connectivity index (χ0) is 21.5. The summed E-state index contributed by atoms with van der Waals surface area (Å²) in [5.41, 5.74) is 1.36. The van der Waals surface area contributed by atoms with E-state index in [1.54, 1.807) is 48.5 Å². The van der Waals surface area contributed by atoms with Gasteiger partial charge in [-0.3, -0.25) is 14.2 Å². The van der Waals surface area contributed by atoms with Gasteiger partial charge in [0.15, 0.2) is 9.84 Å². The van der Waals surface area contributed by atoms with Gasteiger partial charge in [-0.15, -0.1) is 0 Å². The molecule has 0 aliphatic heterocycles. The average Bonchev–Trinajstić information content (AvgIpc) is 3.13. The number of fused-ring (bicyclic) bond motifs is 1. The smallest absolute Gasteiger partial charge is 0.272 e. The molecule has 1 amide bonds. The number of sulfone groups is 1. The van der Waals surface area contributed by atoms with Crippen molar-refractivity contribution in [3.63, 3.8) is 0 Å². The zero-order valence-electron chi connectivity index (χ0n) is 15.7. The van der Waals surface area contributed by atoms with Crippen molar-refractivity contribution in [1.29, 1.82) is 0 Å². The van der Waals surface area contributed by atoms with Crippen LogP contribution < -0.4 is 10.9 Å². The number of nitrogens with one attached hydrogen (secondary N) is 2. The van der Waals surface area contributed by atoms with Crippen LogP contribution in [0.25, 0.3) is 16.7 Å². The third-order valence-corrected chi connectivity index (χ3v) is 5.89. The number of rotatable bonds is 4. The fourth-order valence-corrected chi connectivity index (χ4v) is 3.88. The van der Waals surface area contributed by atoms with Crippen LogP contribution in [-0.4, -0.2) is 30.1 Å². The van der Waals surface area contributed by atoms with Crippen molar-refractivity contribution in [2.24, 2.45) is 0 Å². The molecule has 0 unspecified atom stereocenters. The van der Waals surface area contributed by atoms with Crippen molar-refractivity contribution in [3.05, 3.63) is 87.8 Å². The molecule has 0 saturated carbocycles. The number of hydrogen-bond acceptors (Lipinski definition) is 4. The van der Waals surface area contributed by atoms with E-state index >= 15 is 0 Å². The molecule has 9 heteroatoms. The van der Waals surface area contributed by atoms with Gasteiger partial charge in [-0.2, -0.15) is 0 Å². The minimum atomic E-state index is -3.40. The van der Waals surface area contributed by atoms with Crippen LogP contribution in [0.15, 0.2) is 76.4 Å². The lowest BCUT2D eigenvalue weighted by atomic mass is 10.2. The number of carbonyl (C=O) groups excluding carboxylic acids is 1. The van der Waals surface area contributed by atoms with Crippen LogP contribution in [0.1, 0.15) is 10.5 Å². The van der Waals surface area contributed by atoms with E-state index in [1.165, 1.54) is 22.8 Å². The maximum absolute atomic E-state index is 12.7. The average molecular weight is 442 g/mol. The van der Waals surface area contributed by atoms with Crippen molar-refractivity contribution < 1.29 is 13.2 Å². The Morgan fingerprint density at radius 2 is 1.77 bits per heavy atom. The summed E-state index contributed by atoms with van der Waals surface area (Å²) in [6.45, 7) is 0. The standard InChI is InChI=1S/C21H16ClN3O4S/c1-30(28,29)17-4-2-3-15(12-17)23-21(27)18-11-13-5-10-19(26)25(20(13)24-18)16-8-6-14(22)7-9-16/h2-12,24H,1H3,(H,23,27). The minimum absolute atomic E-state index is 0.105. The van der Waals surface area contributed by atoms with Crippen LogP contribution in [0.4, 0.5) is 5.69 Å². The topological polar surface area (TPSA) is 101 Å². The van der Waals surface area contributed by atoms with Crippen molar-refractivity contribution >= 4 is 44.1 Å². The van der Waals surface area contributed by atoms with Crippen LogP contribution in [0.2, 0.25) is 5.02 Å². The molecule has 2 N–H and O–H groups in total. The normalized spacial score (nSPS) is 11.5. The molecule has 152 valence electrons. The van der Waals surface area contributed by atoms with Gasteiger partial charge in [0.2, 0.25) is 0 Å². The third-order valence-electron chi connectivity index (χ3n) is 4.53. The first-order chi connectivity index (χ1) is 14.2. The maximum atomic E-state index is 12.7. The highest BCUT2D eigenvalue weighted by molar-refractivity contribution is 7.90. The first kappa shape index (κ1) is 19.9. The third kappa shape index (κ3) is 3.87. The molecule has 7 nitrogen and oxygen atoms in total. The van der Waals surface area contributed by atoms with Crippen LogP contribution in [0.3, 0.4) is 0 Å². The number of H-pyrrole nitrogens is 1. The number of amides is 1. The first-order valence-electron chi connectivity index (χ1n) is 8.84. The zero-order valence-corrected chi connectivity index (χ0v) is 17.3. The van der Waals surface area contributed by atoms with Gasteiger partial charge >= 0.3 is 0 Å². The molecule has 4 rings (SSSR count). The van der Waals surface area contributed by atoms with Crippen LogP contribution in [0.5, 0.6) is 0 Å². The highest BCUT2D eigenvalue weighted by Gasteiger charge is 2.15. The van der Waals surface area contributed by atoms with Gasteiger partial charge in [0.1, 0.15) is 11.3 Å². The highest BCUT2D eigenvalue weighted by Crippen LogP contribution is 2.21. The summed E-state index contributed by atoms with van der Waals surface area (Å²) in [6.07, 6.45) is 1.10. The Morgan fingerprint density at radius 1 is 1.03 bits per heavy atom. The van der Waals surface area contributed by atoms with Crippen molar-refractivity contribution in [3.8, 4) is 5.69 Å². The predicted molar refractivity (Wildman–Crippen MR) is 116 cm³/mol. The van der Waals surface area contributed by atoms with Gasteiger partial charge < -0.3 is 10.3 Å². The Morgan fingerprint density at radius 3 is 2.47 bits per heavy atom. The number of hydrogen-bond donors (Lipinski definition) is 2. The van der Waals surface area contributed by atoms with Crippen LogP contribution >= 0.6 is 11.6 Å². The number of halogens is 1. The Labute approximate surface area is 176 Å². The van der Waals surface area contributed by atoms with E-state index in [1.807, 2.05) is 0 Å². The number of aromatic amines is 1. The van der Waals surface area contributed by atoms with Gasteiger partial charge in [-0.05, 0) is 54.6 Å². The molecule has 0 radical (unpaired) electrons. The Bertz CT molecular complexity index is 1440. The first-order valence-corrected chi connectivity index (χ1v) is 11.1. The molecule has 30 heavy (non-hydrogen) atoms. The van der Waals surface area contributed by atoms with E-state index in [2.05, 4.69) is 10.3 Å². The Hall–Kier alpha value is -3.36. The van der Waals surface area contributed by atoms with Crippen LogP contribution in [0, 0.1) is 0 Å². The molecule has 2 aromatic carbocycles. The number of nitrogens with zero attached hydrogens (tertiary/aromatic N) is 1. The summed E-state index contributed by atoms with van der Waals surface area (Å²) in [5, 5.41) is 3.88. The summed E-state index contributed by atoms with van der Waals surface area (Å²) in [7, 11) is -3.40. The monoisotopic (exact) mass is 441 g/mol. The highest BCUT2D eigenvalue weighted by atomic mass is 35.5. The molecule has 4 aromatic rings. The van der Waals surface area contributed by atoms with Crippen molar-refractivity contribution in [1.82, 2.24) is 9.55 Å². The van der Waals surface area contributed by atoms with Gasteiger partial charge in [-0.1, -0.05) is 17.7 Å². The molecule has 0 aliphatic rings. The molecule has 2 aromatic heterocycles. The second-order valence-corrected chi connectivity index (χ2v) is 9.18. The molecule has 0 aliphatic carbocycles. The summed E-state index contributed by atoms with van der Waals surface area (Å²) in [6, 6.07) is 17.4. The lowest BCUT2D eigenvalue weighted by Gasteiger charge is -2.07. The van der Waals surface area contributed by atoms with E-state index in [-0.39, 0.29) is 16.1 Å². The SMILES string of the molecule is CS(=O)(=O)c1cccc(NC(=O)c2cc3ccc(=O)n(-c4ccc(Cl)cc4)c3[nH]2)c1. The van der Waals surface area contributed by atoms with Gasteiger partial charge in [0.05, 0.1) is 10.6 Å². The van der Waals surface area contributed by atoms with E-state index in [0.717, 1.165) is 6.26 Å².